The number of fused-ring (bicyclic) bond motifs is 15. The van der Waals surface area contributed by atoms with Crippen LogP contribution in [-0.2, 0) is 10.8 Å². The molecule has 12 rings (SSSR count). The number of aromatic nitrogens is 1. The Bertz CT molecular complexity index is 3290. The lowest BCUT2D eigenvalue weighted by atomic mass is 9.44. The van der Waals surface area contributed by atoms with Gasteiger partial charge in [-0.1, -0.05) is 114 Å². The second kappa shape index (κ2) is 10.5. The largest absolute Gasteiger partial charge is 0.455 e. The van der Waals surface area contributed by atoms with E-state index in [1.165, 1.54) is 92.2 Å². The highest BCUT2D eigenvalue weighted by molar-refractivity contribution is 7.25. The molecule has 0 N–H and O–H groups in total. The van der Waals surface area contributed by atoms with Crippen molar-refractivity contribution >= 4 is 104 Å². The van der Waals surface area contributed by atoms with Crippen LogP contribution < -0.4 is 15.7 Å². The zero-order valence-electron chi connectivity index (χ0n) is 31.9. The Balaban J connectivity index is 1.27. The van der Waals surface area contributed by atoms with Crippen LogP contribution in [0.3, 0.4) is 0 Å². The van der Waals surface area contributed by atoms with Gasteiger partial charge in [-0.25, -0.2) is 0 Å². The molecule has 3 nitrogen and oxygen atoms in total. The Hall–Kier alpha value is -5.78. The normalized spacial score (nSPS) is 13.9. The zero-order chi connectivity index (χ0) is 37.1. The van der Waals surface area contributed by atoms with Gasteiger partial charge in [-0.05, 0) is 93.0 Å². The highest BCUT2D eigenvalue weighted by Gasteiger charge is 2.44. The van der Waals surface area contributed by atoms with Crippen LogP contribution in [0, 0.1) is 0 Å². The van der Waals surface area contributed by atoms with Crippen LogP contribution in [-0.4, -0.2) is 11.4 Å². The van der Waals surface area contributed by atoms with Crippen LogP contribution in [0.15, 0.2) is 132 Å². The lowest BCUT2D eigenvalue weighted by Crippen LogP contribution is -2.60. The molecule has 264 valence electrons. The summed E-state index contributed by atoms with van der Waals surface area (Å²) in [5, 5.41) is 7.39. The van der Waals surface area contributed by atoms with Crippen LogP contribution >= 0.6 is 11.3 Å². The smallest absolute Gasteiger partial charge is 0.333 e. The lowest BCUT2D eigenvalue weighted by Gasteiger charge is -2.42. The van der Waals surface area contributed by atoms with Gasteiger partial charge in [0.25, 0.3) is 0 Å². The Morgan fingerprint density at radius 3 is 2.09 bits per heavy atom. The van der Waals surface area contributed by atoms with Gasteiger partial charge in [-0.3, -0.25) is 0 Å². The van der Waals surface area contributed by atoms with Gasteiger partial charge in [-0.15, -0.1) is 11.3 Å². The van der Waals surface area contributed by atoms with Gasteiger partial charge in [0.1, 0.15) is 11.2 Å². The standard InChI is InChI=1S/C50H39BN2OS/c1-49(2,3)28-15-18-30(19-16-28)53-39-23-17-29(50(4,5)6)25-36(39)33-20-21-35-45-40(24-22-34-31-11-7-9-13-42(31)54-48(34)45)52-41-27-44-37(32-12-8-10-14-43(32)55-44)26-38(41)51(53)46(33)47(35)52/h7-27H,1-6H3. The summed E-state index contributed by atoms with van der Waals surface area (Å²) in [5.41, 5.74) is 16.1. The summed E-state index contributed by atoms with van der Waals surface area (Å²) in [4.78, 5) is 2.65. The first kappa shape index (κ1) is 31.6. The number of nitrogens with zero attached hydrogens (tertiary/aromatic N) is 2. The van der Waals surface area contributed by atoms with E-state index in [1.807, 2.05) is 11.3 Å². The van der Waals surface area contributed by atoms with E-state index in [1.54, 1.807) is 0 Å². The van der Waals surface area contributed by atoms with Gasteiger partial charge in [0.2, 0.25) is 0 Å². The van der Waals surface area contributed by atoms with Crippen LogP contribution in [0.25, 0.3) is 80.7 Å². The van der Waals surface area contributed by atoms with Crippen molar-refractivity contribution in [2.75, 3.05) is 4.81 Å². The predicted octanol–water partition coefficient (Wildman–Crippen LogP) is 12.9. The SMILES string of the molecule is CC(C)(C)c1ccc(N2B3c4cc5c(cc4-n4c6ccc7c8ccccc8oc7c6c6ccc(c3c64)-c3cc(C(C)(C)C)ccc32)sc2ccccc25)cc1. The number of rotatable bonds is 1. The molecule has 0 unspecified atom stereocenters. The molecule has 0 saturated heterocycles. The van der Waals surface area contributed by atoms with Gasteiger partial charge >= 0.3 is 6.85 Å². The third kappa shape index (κ3) is 4.17. The first-order chi connectivity index (χ1) is 26.5. The molecule has 3 aromatic heterocycles. The van der Waals surface area contributed by atoms with Crippen molar-refractivity contribution in [1.82, 2.24) is 4.57 Å². The van der Waals surface area contributed by atoms with Crippen molar-refractivity contribution in [3.8, 4) is 16.8 Å². The fraction of sp³-hybridized carbons (Fsp3) is 0.160. The maximum Gasteiger partial charge on any atom is 0.333 e. The highest BCUT2D eigenvalue weighted by Crippen LogP contribution is 2.49. The summed E-state index contributed by atoms with van der Waals surface area (Å²) in [5.74, 6) is 0. The molecule has 2 aliphatic rings. The molecule has 0 saturated carbocycles. The van der Waals surface area contributed by atoms with Gasteiger partial charge in [0.05, 0.1) is 16.4 Å². The molecule has 0 fully saturated rings. The zero-order valence-corrected chi connectivity index (χ0v) is 32.7. The number of furan rings is 1. The Kier molecular flexibility index (Phi) is 6.02. The maximum atomic E-state index is 6.80. The molecule has 0 aliphatic carbocycles. The van der Waals surface area contributed by atoms with E-state index in [9.17, 15) is 0 Å². The monoisotopic (exact) mass is 726 g/mol. The summed E-state index contributed by atoms with van der Waals surface area (Å²) in [7, 11) is 0. The number of thiophene rings is 1. The first-order valence-corrected chi connectivity index (χ1v) is 20.3. The molecular weight excluding hydrogens is 687 g/mol. The van der Waals surface area contributed by atoms with E-state index in [0.717, 1.165) is 21.9 Å². The van der Waals surface area contributed by atoms with E-state index in [4.69, 9.17) is 4.42 Å². The lowest BCUT2D eigenvalue weighted by molar-refractivity contribution is 0.590. The minimum atomic E-state index is -0.0480. The second-order valence-electron chi connectivity index (χ2n) is 17.7. The van der Waals surface area contributed by atoms with E-state index in [0.29, 0.717) is 0 Å². The summed E-state index contributed by atoms with van der Waals surface area (Å²) in [6.45, 7) is 13.8. The van der Waals surface area contributed by atoms with Crippen molar-refractivity contribution in [3.05, 3.63) is 139 Å². The quantitative estimate of drug-likeness (QED) is 0.157. The molecule has 10 aromatic rings. The van der Waals surface area contributed by atoms with E-state index in [2.05, 4.69) is 178 Å². The topological polar surface area (TPSA) is 21.3 Å². The number of anilines is 2. The predicted molar refractivity (Wildman–Crippen MR) is 237 cm³/mol. The Morgan fingerprint density at radius 2 is 1.29 bits per heavy atom. The second-order valence-corrected chi connectivity index (χ2v) is 18.8. The van der Waals surface area contributed by atoms with Crippen molar-refractivity contribution in [1.29, 1.82) is 0 Å². The summed E-state index contributed by atoms with van der Waals surface area (Å²) in [6, 6.07) is 48.3. The first-order valence-electron chi connectivity index (χ1n) is 19.5. The fourth-order valence-electron chi connectivity index (χ4n) is 9.75. The van der Waals surface area contributed by atoms with Crippen LogP contribution in [0.1, 0.15) is 52.7 Å². The van der Waals surface area contributed by atoms with E-state index in [-0.39, 0.29) is 17.7 Å². The van der Waals surface area contributed by atoms with Gasteiger partial charge in [0, 0.05) is 59.0 Å². The van der Waals surface area contributed by atoms with Crippen molar-refractivity contribution < 1.29 is 4.42 Å². The van der Waals surface area contributed by atoms with Gasteiger partial charge in [-0.2, -0.15) is 0 Å². The fourth-order valence-corrected chi connectivity index (χ4v) is 10.9. The molecule has 0 bridgehead atoms. The van der Waals surface area contributed by atoms with Crippen LogP contribution in [0.5, 0.6) is 0 Å². The average molecular weight is 727 g/mol. The van der Waals surface area contributed by atoms with Gasteiger partial charge in [0.15, 0.2) is 0 Å². The molecule has 0 spiro atoms. The minimum absolute atomic E-state index is 0.00636. The van der Waals surface area contributed by atoms with Crippen LogP contribution in [0.2, 0.25) is 0 Å². The molecule has 5 heteroatoms. The molecule has 2 aliphatic heterocycles. The molecule has 0 atom stereocenters. The summed E-state index contributed by atoms with van der Waals surface area (Å²) in [6.07, 6.45) is 0. The highest BCUT2D eigenvalue weighted by atomic mass is 32.1. The summed E-state index contributed by atoms with van der Waals surface area (Å²) >= 11 is 1.89. The van der Waals surface area contributed by atoms with Gasteiger partial charge < -0.3 is 13.8 Å². The number of benzene rings is 7. The Morgan fingerprint density at radius 1 is 0.564 bits per heavy atom. The third-order valence-electron chi connectivity index (χ3n) is 12.5. The molecule has 0 amide bonds. The number of hydrogen-bond donors (Lipinski definition) is 0. The molecule has 5 heterocycles. The van der Waals surface area contributed by atoms with Crippen molar-refractivity contribution in [3.63, 3.8) is 0 Å². The molecule has 55 heavy (non-hydrogen) atoms. The Labute approximate surface area is 324 Å². The average Bonchev–Trinajstić information content (AvgIpc) is 3.85. The summed E-state index contributed by atoms with van der Waals surface area (Å²) < 4.78 is 12.0. The third-order valence-corrected chi connectivity index (χ3v) is 13.6. The van der Waals surface area contributed by atoms with Crippen molar-refractivity contribution in [2.24, 2.45) is 0 Å². The number of hydrogen-bond acceptors (Lipinski definition) is 3. The molecule has 0 radical (unpaired) electrons. The number of para-hydroxylation sites is 1. The maximum absolute atomic E-state index is 6.80. The van der Waals surface area contributed by atoms with E-state index < -0.39 is 0 Å². The van der Waals surface area contributed by atoms with Crippen molar-refractivity contribution in [2.45, 2.75) is 52.4 Å². The van der Waals surface area contributed by atoms with Crippen LogP contribution in [0.4, 0.5) is 11.4 Å². The molecular formula is C50H39BN2OS. The van der Waals surface area contributed by atoms with E-state index >= 15 is 0 Å². The minimum Gasteiger partial charge on any atom is -0.455 e. The molecule has 7 aromatic carbocycles.